The van der Waals surface area contributed by atoms with Crippen LogP contribution in [0.25, 0.3) is 0 Å². The van der Waals surface area contributed by atoms with Gasteiger partial charge in [0.1, 0.15) is 5.54 Å². The standard InChI is InChI=1S/C13H18N2O2/c1-13(12(16)17-2,15-8-10-5-6-10)11-4-3-7-14-9-11/h3-4,7,9-10,15H,5-6,8H2,1-2H3. The minimum absolute atomic E-state index is 0.272. The summed E-state index contributed by atoms with van der Waals surface area (Å²) in [7, 11) is 1.41. The minimum Gasteiger partial charge on any atom is -0.467 e. The molecule has 0 spiro atoms. The highest BCUT2D eigenvalue weighted by Gasteiger charge is 2.37. The molecule has 0 radical (unpaired) electrons. The molecule has 1 aliphatic rings. The molecule has 17 heavy (non-hydrogen) atoms. The first-order valence-electron chi connectivity index (χ1n) is 5.91. The Morgan fingerprint density at radius 2 is 2.41 bits per heavy atom. The molecule has 1 saturated carbocycles. The maximum atomic E-state index is 12.0. The number of esters is 1. The second-order valence-corrected chi connectivity index (χ2v) is 4.68. The molecule has 1 unspecified atom stereocenters. The van der Waals surface area contributed by atoms with Crippen molar-refractivity contribution >= 4 is 5.97 Å². The third-order valence-electron chi connectivity index (χ3n) is 3.27. The number of pyridine rings is 1. The molecule has 1 atom stereocenters. The highest BCUT2D eigenvalue weighted by molar-refractivity contribution is 5.81. The number of rotatable bonds is 5. The number of nitrogens with one attached hydrogen (secondary N) is 1. The first-order chi connectivity index (χ1) is 8.16. The summed E-state index contributed by atoms with van der Waals surface area (Å²) >= 11 is 0. The van der Waals surface area contributed by atoms with Gasteiger partial charge in [-0.3, -0.25) is 10.3 Å². The van der Waals surface area contributed by atoms with Crippen molar-refractivity contribution in [2.75, 3.05) is 13.7 Å². The molecular weight excluding hydrogens is 216 g/mol. The molecule has 0 amide bonds. The fourth-order valence-electron chi connectivity index (χ4n) is 1.83. The number of ether oxygens (including phenoxy) is 1. The lowest BCUT2D eigenvalue weighted by Crippen LogP contribution is -2.48. The van der Waals surface area contributed by atoms with Gasteiger partial charge in [-0.05, 0) is 38.3 Å². The molecule has 1 aliphatic carbocycles. The number of hydrogen-bond acceptors (Lipinski definition) is 4. The highest BCUT2D eigenvalue weighted by atomic mass is 16.5. The Hall–Kier alpha value is -1.42. The zero-order chi connectivity index (χ0) is 12.3. The smallest absolute Gasteiger partial charge is 0.330 e. The molecule has 4 nitrogen and oxygen atoms in total. The third kappa shape index (κ3) is 2.64. The van der Waals surface area contributed by atoms with Gasteiger partial charge in [0, 0.05) is 18.0 Å². The maximum Gasteiger partial charge on any atom is 0.330 e. The monoisotopic (exact) mass is 234 g/mol. The van der Waals surface area contributed by atoms with Gasteiger partial charge in [0.05, 0.1) is 7.11 Å². The fraction of sp³-hybridized carbons (Fsp3) is 0.538. The summed E-state index contributed by atoms with van der Waals surface area (Å²) in [5, 5.41) is 3.31. The minimum atomic E-state index is -0.800. The highest BCUT2D eigenvalue weighted by Crippen LogP contribution is 2.30. The van der Waals surface area contributed by atoms with E-state index in [1.807, 2.05) is 19.1 Å². The van der Waals surface area contributed by atoms with Crippen LogP contribution in [0.4, 0.5) is 0 Å². The van der Waals surface area contributed by atoms with E-state index in [4.69, 9.17) is 4.74 Å². The number of nitrogens with zero attached hydrogens (tertiary/aromatic N) is 1. The molecule has 1 aromatic heterocycles. The van der Waals surface area contributed by atoms with Crippen molar-refractivity contribution in [3.8, 4) is 0 Å². The van der Waals surface area contributed by atoms with E-state index in [2.05, 4.69) is 10.3 Å². The molecule has 2 rings (SSSR count). The van der Waals surface area contributed by atoms with Crippen LogP contribution in [0.1, 0.15) is 25.3 Å². The summed E-state index contributed by atoms with van der Waals surface area (Å²) in [6.45, 7) is 2.69. The second kappa shape index (κ2) is 4.84. The van der Waals surface area contributed by atoms with Crippen molar-refractivity contribution in [3.05, 3.63) is 30.1 Å². The van der Waals surface area contributed by atoms with Gasteiger partial charge in [-0.2, -0.15) is 0 Å². The molecule has 4 heteroatoms. The molecule has 1 fully saturated rings. The van der Waals surface area contributed by atoms with Crippen LogP contribution in [0.5, 0.6) is 0 Å². The number of methoxy groups -OCH3 is 1. The lowest BCUT2D eigenvalue weighted by atomic mass is 9.93. The summed E-state index contributed by atoms with van der Waals surface area (Å²) in [5.41, 5.74) is 0.0403. The predicted octanol–water partition coefficient (Wildman–Crippen LogP) is 1.47. The Balaban J connectivity index is 2.18. The van der Waals surface area contributed by atoms with Crippen LogP contribution >= 0.6 is 0 Å². The van der Waals surface area contributed by atoms with Crippen molar-refractivity contribution in [1.82, 2.24) is 10.3 Å². The van der Waals surface area contributed by atoms with Crippen LogP contribution in [0.15, 0.2) is 24.5 Å². The average Bonchev–Trinajstić information content (AvgIpc) is 3.20. The topological polar surface area (TPSA) is 51.2 Å². The van der Waals surface area contributed by atoms with E-state index in [0.717, 1.165) is 12.1 Å². The Kier molecular flexibility index (Phi) is 3.43. The van der Waals surface area contributed by atoms with Gasteiger partial charge in [0.25, 0.3) is 0 Å². The van der Waals surface area contributed by atoms with Crippen molar-refractivity contribution < 1.29 is 9.53 Å². The maximum absolute atomic E-state index is 12.0. The van der Waals surface area contributed by atoms with Gasteiger partial charge in [0.2, 0.25) is 0 Å². The molecule has 0 bridgehead atoms. The third-order valence-corrected chi connectivity index (χ3v) is 3.27. The van der Waals surface area contributed by atoms with E-state index < -0.39 is 5.54 Å². The number of aromatic nitrogens is 1. The molecular formula is C13H18N2O2. The fourth-order valence-corrected chi connectivity index (χ4v) is 1.83. The summed E-state index contributed by atoms with van der Waals surface area (Å²) in [6, 6.07) is 3.72. The summed E-state index contributed by atoms with van der Waals surface area (Å²) in [4.78, 5) is 16.0. The van der Waals surface area contributed by atoms with Gasteiger partial charge >= 0.3 is 5.97 Å². The molecule has 92 valence electrons. The van der Waals surface area contributed by atoms with E-state index >= 15 is 0 Å². The Labute approximate surface area is 101 Å². The summed E-state index contributed by atoms with van der Waals surface area (Å²) < 4.78 is 4.89. The Morgan fingerprint density at radius 3 is 2.94 bits per heavy atom. The predicted molar refractivity (Wildman–Crippen MR) is 64.3 cm³/mol. The van der Waals surface area contributed by atoms with E-state index in [-0.39, 0.29) is 5.97 Å². The van der Waals surface area contributed by atoms with Crippen LogP contribution in [0.3, 0.4) is 0 Å². The molecule has 0 aliphatic heterocycles. The van der Waals surface area contributed by atoms with Gasteiger partial charge < -0.3 is 4.74 Å². The quantitative estimate of drug-likeness (QED) is 0.784. The zero-order valence-electron chi connectivity index (χ0n) is 10.3. The van der Waals surface area contributed by atoms with E-state index in [9.17, 15) is 4.79 Å². The van der Waals surface area contributed by atoms with Gasteiger partial charge in [-0.25, -0.2) is 4.79 Å². The van der Waals surface area contributed by atoms with Crippen molar-refractivity contribution in [3.63, 3.8) is 0 Å². The number of carbonyl (C=O) groups excluding carboxylic acids is 1. The first kappa shape index (κ1) is 12.0. The molecule has 0 saturated heterocycles. The lowest BCUT2D eigenvalue weighted by molar-refractivity contribution is -0.148. The largest absolute Gasteiger partial charge is 0.467 e. The van der Waals surface area contributed by atoms with Crippen LogP contribution in [-0.4, -0.2) is 24.6 Å². The molecule has 1 heterocycles. The first-order valence-corrected chi connectivity index (χ1v) is 5.91. The Morgan fingerprint density at radius 1 is 1.65 bits per heavy atom. The second-order valence-electron chi connectivity index (χ2n) is 4.68. The van der Waals surface area contributed by atoms with Crippen molar-refractivity contribution in [1.29, 1.82) is 0 Å². The van der Waals surface area contributed by atoms with Gasteiger partial charge in [0.15, 0.2) is 0 Å². The average molecular weight is 234 g/mol. The normalized spacial score (nSPS) is 18.5. The van der Waals surface area contributed by atoms with E-state index in [1.165, 1.54) is 20.0 Å². The van der Waals surface area contributed by atoms with Crippen molar-refractivity contribution in [2.24, 2.45) is 5.92 Å². The summed E-state index contributed by atoms with van der Waals surface area (Å²) in [5.74, 6) is 0.432. The number of hydrogen-bond donors (Lipinski definition) is 1. The van der Waals surface area contributed by atoms with Gasteiger partial charge in [-0.1, -0.05) is 6.07 Å². The Bertz CT molecular complexity index is 390. The van der Waals surface area contributed by atoms with Crippen LogP contribution in [0, 0.1) is 5.92 Å². The van der Waals surface area contributed by atoms with Crippen molar-refractivity contribution in [2.45, 2.75) is 25.3 Å². The number of carbonyl (C=O) groups is 1. The molecule has 0 aromatic carbocycles. The van der Waals surface area contributed by atoms with E-state index in [1.54, 1.807) is 12.4 Å². The van der Waals surface area contributed by atoms with Crippen LogP contribution < -0.4 is 5.32 Å². The van der Waals surface area contributed by atoms with Gasteiger partial charge in [-0.15, -0.1) is 0 Å². The lowest BCUT2D eigenvalue weighted by Gasteiger charge is -2.28. The zero-order valence-corrected chi connectivity index (χ0v) is 10.3. The molecule has 1 aromatic rings. The van der Waals surface area contributed by atoms with E-state index in [0.29, 0.717) is 5.92 Å². The van der Waals surface area contributed by atoms with Crippen LogP contribution in [0.2, 0.25) is 0 Å². The van der Waals surface area contributed by atoms with Crippen LogP contribution in [-0.2, 0) is 15.1 Å². The molecule has 1 N–H and O–H groups in total. The summed E-state index contributed by atoms with van der Waals surface area (Å²) in [6.07, 6.45) is 5.90. The SMILES string of the molecule is COC(=O)C(C)(NCC1CC1)c1cccnc1.